The summed E-state index contributed by atoms with van der Waals surface area (Å²) in [6.45, 7) is 0.834. The number of carbonyl (C=O) groups is 3. The van der Waals surface area contributed by atoms with Crippen molar-refractivity contribution in [3.8, 4) is 0 Å². The lowest BCUT2D eigenvalue weighted by Gasteiger charge is -2.39. The average Bonchev–Trinajstić information content (AvgIpc) is 2.85. The second-order valence-electron chi connectivity index (χ2n) is 4.90. The van der Waals surface area contributed by atoms with Crippen molar-refractivity contribution in [2.75, 3.05) is 26.7 Å². The first-order valence-corrected chi connectivity index (χ1v) is 6.26. The summed E-state index contributed by atoms with van der Waals surface area (Å²) in [4.78, 5) is 37.1. The molecule has 1 saturated heterocycles. The van der Waals surface area contributed by atoms with Gasteiger partial charge in [0.25, 0.3) is 5.91 Å². The number of carbonyl (C=O) groups excluding carboxylic acids is 2. The zero-order valence-corrected chi connectivity index (χ0v) is 11.1. The van der Waals surface area contributed by atoms with E-state index in [1.54, 1.807) is 11.0 Å². The number of likely N-dealkylation sites (tertiary alicyclic amines) is 1. The van der Waals surface area contributed by atoms with Crippen LogP contribution in [0.5, 0.6) is 0 Å². The van der Waals surface area contributed by atoms with E-state index >= 15 is 0 Å². The van der Waals surface area contributed by atoms with Crippen LogP contribution >= 0.6 is 0 Å². The summed E-state index contributed by atoms with van der Waals surface area (Å²) in [5.74, 6) is -1.19. The molecule has 2 amide bonds. The maximum Gasteiger partial charge on any atom is 0.303 e. The lowest BCUT2D eigenvalue weighted by atomic mass is 9.96. The predicted molar refractivity (Wildman–Crippen MR) is 68.0 cm³/mol. The molecule has 0 saturated carbocycles. The molecule has 7 nitrogen and oxygen atoms in total. The van der Waals surface area contributed by atoms with E-state index in [-0.39, 0.29) is 36.5 Å². The van der Waals surface area contributed by atoms with Gasteiger partial charge in [-0.25, -0.2) is 0 Å². The molecule has 0 aromatic carbocycles. The molecule has 1 N–H and O–H groups in total. The lowest BCUT2D eigenvalue weighted by molar-refractivity contribution is -0.145. The number of amides is 2. The van der Waals surface area contributed by atoms with E-state index in [9.17, 15) is 14.4 Å². The molecule has 7 heteroatoms. The third-order valence-corrected chi connectivity index (χ3v) is 3.22. The molecular weight excluding hydrogens is 264 g/mol. The van der Waals surface area contributed by atoms with Crippen molar-refractivity contribution in [2.45, 2.75) is 6.42 Å². The minimum absolute atomic E-state index is 0.0162. The number of hydrogen-bond acceptors (Lipinski definition) is 4. The summed E-state index contributed by atoms with van der Waals surface area (Å²) in [7, 11) is 1.53. The molecule has 2 rings (SSSR count). The minimum atomic E-state index is -0.854. The Morgan fingerprint density at radius 2 is 2.15 bits per heavy atom. The van der Waals surface area contributed by atoms with Gasteiger partial charge in [0.2, 0.25) is 5.91 Å². The van der Waals surface area contributed by atoms with Gasteiger partial charge >= 0.3 is 5.97 Å². The zero-order valence-electron chi connectivity index (χ0n) is 11.1. The van der Waals surface area contributed by atoms with Gasteiger partial charge in [0.15, 0.2) is 5.76 Å². The molecular formula is C13H16N2O5. The maximum absolute atomic E-state index is 11.9. The smallest absolute Gasteiger partial charge is 0.303 e. The Bertz CT molecular complexity index is 505. The summed E-state index contributed by atoms with van der Waals surface area (Å²) < 4.78 is 4.98. The van der Waals surface area contributed by atoms with Crippen molar-refractivity contribution < 1.29 is 23.9 Å². The van der Waals surface area contributed by atoms with Gasteiger partial charge in [-0.15, -0.1) is 0 Å². The SMILES string of the molecule is CN(CC(=O)N1CC(CC(=O)O)C1)C(=O)c1ccco1. The van der Waals surface area contributed by atoms with E-state index in [1.165, 1.54) is 24.3 Å². The Kier molecular flexibility index (Phi) is 4.07. The van der Waals surface area contributed by atoms with Crippen molar-refractivity contribution in [3.63, 3.8) is 0 Å². The van der Waals surface area contributed by atoms with Crippen molar-refractivity contribution in [2.24, 2.45) is 5.92 Å². The van der Waals surface area contributed by atoms with Crippen LogP contribution in [0.1, 0.15) is 17.0 Å². The summed E-state index contributed by atoms with van der Waals surface area (Å²) in [5.41, 5.74) is 0. The monoisotopic (exact) mass is 280 g/mol. The normalized spacial score (nSPS) is 14.8. The molecule has 0 atom stereocenters. The van der Waals surface area contributed by atoms with E-state index in [1.807, 2.05) is 0 Å². The van der Waals surface area contributed by atoms with Crippen LogP contribution in [0.15, 0.2) is 22.8 Å². The van der Waals surface area contributed by atoms with E-state index in [4.69, 9.17) is 9.52 Å². The molecule has 0 aliphatic carbocycles. The first kappa shape index (κ1) is 14.1. The van der Waals surface area contributed by atoms with Gasteiger partial charge in [-0.3, -0.25) is 14.4 Å². The number of aliphatic carboxylic acids is 1. The molecule has 20 heavy (non-hydrogen) atoms. The number of carboxylic acid groups (broad SMARTS) is 1. The molecule has 0 unspecified atom stereocenters. The third-order valence-electron chi connectivity index (χ3n) is 3.22. The maximum atomic E-state index is 11.9. The zero-order chi connectivity index (χ0) is 14.7. The summed E-state index contributed by atoms with van der Waals surface area (Å²) >= 11 is 0. The molecule has 1 aromatic heterocycles. The number of likely N-dealkylation sites (N-methyl/N-ethyl adjacent to an activating group) is 1. The summed E-state index contributed by atoms with van der Waals surface area (Å²) in [6, 6.07) is 3.14. The Balaban J connectivity index is 1.78. The third kappa shape index (κ3) is 3.17. The quantitative estimate of drug-likeness (QED) is 0.836. The number of nitrogens with zero attached hydrogens (tertiary/aromatic N) is 2. The largest absolute Gasteiger partial charge is 0.481 e. The number of carboxylic acids is 1. The highest BCUT2D eigenvalue weighted by Gasteiger charge is 2.32. The fourth-order valence-corrected chi connectivity index (χ4v) is 2.11. The first-order valence-electron chi connectivity index (χ1n) is 6.26. The molecule has 1 aromatic rings. The van der Waals surface area contributed by atoms with Crippen molar-refractivity contribution in [1.82, 2.24) is 9.80 Å². The standard InChI is InChI=1S/C13H16N2O5/c1-14(13(19)10-3-2-4-20-10)8-11(16)15-6-9(7-15)5-12(17)18/h2-4,9H,5-8H2,1H3,(H,17,18). The fourth-order valence-electron chi connectivity index (χ4n) is 2.11. The van der Waals surface area contributed by atoms with Crippen LogP contribution in [0, 0.1) is 5.92 Å². The fraction of sp³-hybridized carbons (Fsp3) is 0.462. The topological polar surface area (TPSA) is 91.1 Å². The van der Waals surface area contributed by atoms with Crippen LogP contribution < -0.4 is 0 Å². The van der Waals surface area contributed by atoms with Crippen molar-refractivity contribution >= 4 is 17.8 Å². The van der Waals surface area contributed by atoms with Crippen LogP contribution in [0.2, 0.25) is 0 Å². The van der Waals surface area contributed by atoms with Crippen molar-refractivity contribution in [1.29, 1.82) is 0 Å². The number of rotatable bonds is 5. The molecule has 2 heterocycles. The molecule has 0 radical (unpaired) electrons. The van der Waals surface area contributed by atoms with Gasteiger partial charge in [-0.1, -0.05) is 0 Å². The van der Waals surface area contributed by atoms with E-state index in [0.29, 0.717) is 13.1 Å². The highest BCUT2D eigenvalue weighted by Crippen LogP contribution is 2.19. The van der Waals surface area contributed by atoms with Crippen LogP contribution in [-0.4, -0.2) is 59.4 Å². The molecule has 108 valence electrons. The van der Waals surface area contributed by atoms with Gasteiger partial charge in [-0.05, 0) is 12.1 Å². The second kappa shape index (κ2) is 5.77. The van der Waals surface area contributed by atoms with Crippen LogP contribution in [0.25, 0.3) is 0 Å². The molecule has 0 bridgehead atoms. The van der Waals surface area contributed by atoms with Crippen LogP contribution in [0.3, 0.4) is 0 Å². The highest BCUT2D eigenvalue weighted by molar-refractivity contribution is 5.94. The Hall–Kier alpha value is -2.31. The van der Waals surface area contributed by atoms with E-state index in [0.717, 1.165) is 0 Å². The predicted octanol–water partition coefficient (Wildman–Crippen LogP) is 0.285. The van der Waals surface area contributed by atoms with Gasteiger partial charge in [0.05, 0.1) is 19.2 Å². The molecule has 1 aliphatic heterocycles. The van der Waals surface area contributed by atoms with Gasteiger partial charge in [-0.2, -0.15) is 0 Å². The van der Waals surface area contributed by atoms with E-state index < -0.39 is 5.97 Å². The molecule has 1 aliphatic rings. The van der Waals surface area contributed by atoms with Gasteiger partial charge < -0.3 is 19.3 Å². The highest BCUT2D eigenvalue weighted by atomic mass is 16.4. The Morgan fingerprint density at radius 3 is 2.70 bits per heavy atom. The average molecular weight is 280 g/mol. The van der Waals surface area contributed by atoms with E-state index in [2.05, 4.69) is 0 Å². The van der Waals surface area contributed by atoms with Gasteiger partial charge in [0.1, 0.15) is 0 Å². The number of furan rings is 1. The lowest BCUT2D eigenvalue weighted by Crippen LogP contribution is -2.53. The minimum Gasteiger partial charge on any atom is -0.481 e. The molecule has 0 spiro atoms. The van der Waals surface area contributed by atoms with Crippen LogP contribution in [0.4, 0.5) is 0 Å². The van der Waals surface area contributed by atoms with Gasteiger partial charge in [0, 0.05) is 26.1 Å². The Morgan fingerprint density at radius 1 is 1.45 bits per heavy atom. The van der Waals surface area contributed by atoms with Crippen LogP contribution in [-0.2, 0) is 9.59 Å². The summed E-state index contributed by atoms with van der Waals surface area (Å²) in [5, 5.41) is 8.63. The molecule has 1 fully saturated rings. The Labute approximate surface area is 115 Å². The summed E-state index contributed by atoms with van der Waals surface area (Å²) in [6.07, 6.45) is 1.47. The second-order valence-corrected chi connectivity index (χ2v) is 4.90. The van der Waals surface area contributed by atoms with Crippen molar-refractivity contribution in [3.05, 3.63) is 24.2 Å². The number of hydrogen-bond donors (Lipinski definition) is 1. The first-order chi connectivity index (χ1) is 9.47.